The van der Waals surface area contributed by atoms with E-state index in [1.165, 1.54) is 12.1 Å². The van der Waals surface area contributed by atoms with Gasteiger partial charge < -0.3 is 29.5 Å². The maximum Gasteiger partial charge on any atom is 0.333 e. The normalized spacial score (nSPS) is 11.7. The van der Waals surface area contributed by atoms with Crippen LogP contribution in [0.3, 0.4) is 0 Å². The molecule has 0 fully saturated rings. The van der Waals surface area contributed by atoms with Crippen LogP contribution in [0.2, 0.25) is 0 Å². The number of carbonyl (C=O) groups is 2. The Labute approximate surface area is 206 Å². The van der Waals surface area contributed by atoms with Gasteiger partial charge in [0, 0.05) is 25.6 Å². The van der Waals surface area contributed by atoms with Gasteiger partial charge in [-0.2, -0.15) is 0 Å². The lowest BCUT2D eigenvalue weighted by molar-refractivity contribution is -0.149. The lowest BCUT2D eigenvalue weighted by atomic mass is 10.1. The summed E-state index contributed by atoms with van der Waals surface area (Å²) < 4.78 is 29.7. The SMILES string of the molecule is CCOC(Cc1ccc(OCCN(CCCOc2ccc(F)cc2)C(=O)NC(C)C)cc1)C(=O)O. The highest BCUT2D eigenvalue weighted by Crippen LogP contribution is 2.15. The number of ether oxygens (including phenoxy) is 3. The van der Waals surface area contributed by atoms with Gasteiger partial charge in [-0.3, -0.25) is 0 Å². The van der Waals surface area contributed by atoms with Crippen LogP contribution < -0.4 is 14.8 Å². The first-order valence-electron chi connectivity index (χ1n) is 11.8. The largest absolute Gasteiger partial charge is 0.494 e. The standard InChI is InChI=1S/C26H35FN2O6/c1-4-33-24(25(30)31)18-20-6-10-22(11-7-20)35-17-15-29(26(32)28-19(2)3)14-5-16-34-23-12-8-21(27)9-13-23/h6-13,19,24H,4-5,14-18H2,1-3H3,(H,28,32)(H,30,31). The fourth-order valence-corrected chi connectivity index (χ4v) is 3.26. The molecule has 2 aromatic carbocycles. The number of carboxylic acids is 1. The van der Waals surface area contributed by atoms with Crippen LogP contribution in [0.5, 0.6) is 11.5 Å². The number of aliphatic carboxylic acids is 1. The van der Waals surface area contributed by atoms with Gasteiger partial charge in [-0.05, 0) is 69.2 Å². The average Bonchev–Trinajstić information content (AvgIpc) is 2.82. The zero-order valence-electron chi connectivity index (χ0n) is 20.5. The maximum atomic E-state index is 13.0. The number of nitrogens with one attached hydrogen (secondary N) is 1. The van der Waals surface area contributed by atoms with Crippen LogP contribution in [0.1, 0.15) is 32.8 Å². The lowest BCUT2D eigenvalue weighted by Gasteiger charge is -2.24. The summed E-state index contributed by atoms with van der Waals surface area (Å²) in [5.41, 5.74) is 0.831. The van der Waals surface area contributed by atoms with Crippen molar-refractivity contribution in [2.45, 2.75) is 45.8 Å². The Morgan fingerprint density at radius 3 is 2.14 bits per heavy atom. The molecule has 2 rings (SSSR count). The van der Waals surface area contributed by atoms with Gasteiger partial charge in [-0.15, -0.1) is 0 Å². The minimum atomic E-state index is -0.991. The van der Waals surface area contributed by atoms with Crippen molar-refractivity contribution in [2.75, 3.05) is 32.9 Å². The van der Waals surface area contributed by atoms with Crippen molar-refractivity contribution in [3.05, 3.63) is 59.9 Å². The second-order valence-electron chi connectivity index (χ2n) is 8.23. The summed E-state index contributed by atoms with van der Waals surface area (Å²) in [4.78, 5) is 25.5. The number of hydrogen-bond donors (Lipinski definition) is 2. The van der Waals surface area contributed by atoms with Crippen molar-refractivity contribution < 1.29 is 33.3 Å². The Balaban J connectivity index is 1.83. The van der Waals surface area contributed by atoms with Crippen LogP contribution in [-0.4, -0.2) is 67.1 Å². The molecule has 0 saturated carbocycles. The molecule has 2 amide bonds. The smallest absolute Gasteiger partial charge is 0.333 e. The van der Waals surface area contributed by atoms with E-state index >= 15 is 0 Å². The van der Waals surface area contributed by atoms with Crippen molar-refractivity contribution >= 4 is 12.0 Å². The summed E-state index contributed by atoms with van der Waals surface area (Å²) in [6.07, 6.45) is -0.0128. The summed E-state index contributed by atoms with van der Waals surface area (Å²) in [5, 5.41) is 12.1. The molecule has 8 nitrogen and oxygen atoms in total. The number of carboxylic acid groups (broad SMARTS) is 1. The van der Waals surface area contributed by atoms with Gasteiger partial charge in [-0.1, -0.05) is 12.1 Å². The molecular formula is C26H35FN2O6. The molecule has 0 aliphatic heterocycles. The number of halogens is 1. The number of urea groups is 1. The van der Waals surface area contributed by atoms with Gasteiger partial charge in [-0.25, -0.2) is 14.0 Å². The monoisotopic (exact) mass is 490 g/mol. The van der Waals surface area contributed by atoms with Crippen molar-refractivity contribution in [1.29, 1.82) is 0 Å². The summed E-state index contributed by atoms with van der Waals surface area (Å²) in [6.45, 7) is 7.41. The van der Waals surface area contributed by atoms with E-state index in [0.717, 1.165) is 5.56 Å². The van der Waals surface area contributed by atoms with Gasteiger partial charge in [0.2, 0.25) is 0 Å². The number of benzene rings is 2. The minimum absolute atomic E-state index is 0.000226. The van der Waals surface area contributed by atoms with Gasteiger partial charge >= 0.3 is 12.0 Å². The fraction of sp³-hybridized carbons (Fsp3) is 0.462. The number of carbonyl (C=O) groups excluding carboxylic acids is 1. The van der Waals surface area contributed by atoms with E-state index in [1.807, 2.05) is 13.8 Å². The van der Waals surface area contributed by atoms with E-state index in [2.05, 4.69) is 5.32 Å². The zero-order chi connectivity index (χ0) is 25.6. The zero-order valence-corrected chi connectivity index (χ0v) is 20.5. The van der Waals surface area contributed by atoms with Gasteiger partial charge in [0.15, 0.2) is 6.10 Å². The number of amides is 2. The summed E-state index contributed by atoms with van der Waals surface area (Å²) in [5.74, 6) is -0.110. The molecule has 0 aliphatic rings. The molecule has 0 heterocycles. The molecule has 0 aliphatic carbocycles. The van der Waals surface area contributed by atoms with E-state index in [1.54, 1.807) is 48.2 Å². The third kappa shape index (κ3) is 10.6. The third-order valence-electron chi connectivity index (χ3n) is 4.97. The molecule has 0 saturated heterocycles. The summed E-state index contributed by atoms with van der Waals surface area (Å²) in [7, 11) is 0. The molecule has 2 aromatic rings. The molecule has 1 unspecified atom stereocenters. The van der Waals surface area contributed by atoms with Gasteiger partial charge in [0.05, 0.1) is 13.2 Å². The molecule has 0 bridgehead atoms. The maximum absolute atomic E-state index is 13.0. The fourth-order valence-electron chi connectivity index (χ4n) is 3.26. The van der Waals surface area contributed by atoms with Crippen LogP contribution >= 0.6 is 0 Å². The highest BCUT2D eigenvalue weighted by Gasteiger charge is 2.18. The Morgan fingerprint density at radius 1 is 0.971 bits per heavy atom. The van der Waals surface area contributed by atoms with Crippen LogP contribution in [0.4, 0.5) is 9.18 Å². The van der Waals surface area contributed by atoms with Crippen molar-refractivity contribution in [2.24, 2.45) is 0 Å². The van der Waals surface area contributed by atoms with E-state index in [9.17, 15) is 19.1 Å². The molecule has 1 atom stereocenters. The first-order valence-corrected chi connectivity index (χ1v) is 11.8. The Hall–Kier alpha value is -3.33. The minimum Gasteiger partial charge on any atom is -0.494 e. The molecular weight excluding hydrogens is 455 g/mol. The first-order chi connectivity index (χ1) is 16.8. The number of nitrogens with zero attached hydrogens (tertiary/aromatic N) is 1. The van der Waals surface area contributed by atoms with Crippen LogP contribution in [0.15, 0.2) is 48.5 Å². The molecule has 2 N–H and O–H groups in total. The first kappa shape index (κ1) is 27.9. The van der Waals surface area contributed by atoms with E-state index < -0.39 is 12.1 Å². The highest BCUT2D eigenvalue weighted by molar-refractivity contribution is 5.74. The molecule has 9 heteroatoms. The Kier molecular flexibility index (Phi) is 11.8. The topological polar surface area (TPSA) is 97.3 Å². The highest BCUT2D eigenvalue weighted by atomic mass is 19.1. The van der Waals surface area contributed by atoms with Crippen molar-refractivity contribution in [3.8, 4) is 11.5 Å². The third-order valence-corrected chi connectivity index (χ3v) is 4.97. The number of rotatable bonds is 15. The lowest BCUT2D eigenvalue weighted by Crippen LogP contribution is -2.45. The summed E-state index contributed by atoms with van der Waals surface area (Å²) >= 11 is 0. The van der Waals surface area contributed by atoms with E-state index in [-0.39, 0.29) is 24.3 Å². The Bertz CT molecular complexity index is 905. The molecule has 0 spiro atoms. The molecule has 192 valence electrons. The van der Waals surface area contributed by atoms with Crippen molar-refractivity contribution in [1.82, 2.24) is 10.2 Å². The molecule has 35 heavy (non-hydrogen) atoms. The second-order valence-corrected chi connectivity index (χ2v) is 8.23. The van der Waals surface area contributed by atoms with Gasteiger partial charge in [0.1, 0.15) is 23.9 Å². The second kappa shape index (κ2) is 14.8. The van der Waals surface area contributed by atoms with Crippen molar-refractivity contribution in [3.63, 3.8) is 0 Å². The molecule has 0 radical (unpaired) electrons. The molecule has 0 aromatic heterocycles. The Morgan fingerprint density at radius 2 is 1.57 bits per heavy atom. The predicted molar refractivity (Wildman–Crippen MR) is 130 cm³/mol. The quantitative estimate of drug-likeness (QED) is 0.365. The van der Waals surface area contributed by atoms with Gasteiger partial charge in [0.25, 0.3) is 0 Å². The van der Waals surface area contributed by atoms with Crippen LogP contribution in [-0.2, 0) is 16.0 Å². The predicted octanol–water partition coefficient (Wildman–Crippen LogP) is 4.13. The van der Waals surface area contributed by atoms with E-state index in [4.69, 9.17) is 14.2 Å². The van der Waals surface area contributed by atoms with Crippen LogP contribution in [0.25, 0.3) is 0 Å². The van der Waals surface area contributed by atoms with E-state index in [0.29, 0.717) is 50.8 Å². The average molecular weight is 491 g/mol. The van der Waals surface area contributed by atoms with Crippen LogP contribution in [0, 0.1) is 5.82 Å². The number of hydrogen-bond acceptors (Lipinski definition) is 5. The summed E-state index contributed by atoms with van der Waals surface area (Å²) in [6, 6.07) is 12.8.